The number of alkyl carbamates (subject to hydrolysis) is 1. The van der Waals surface area contributed by atoms with E-state index in [2.05, 4.69) is 59.0 Å². The van der Waals surface area contributed by atoms with Crippen molar-refractivity contribution >= 4 is 17.9 Å². The minimum absolute atomic E-state index is 0.0816. The number of hydrogen-bond donors (Lipinski definition) is 3. The molecule has 10 nitrogen and oxygen atoms in total. The maximum Gasteiger partial charge on any atom is 0.407 e. The Bertz CT molecular complexity index is 1070. The van der Waals surface area contributed by atoms with Gasteiger partial charge in [-0.2, -0.15) is 0 Å². The quantitative estimate of drug-likeness (QED) is 0.0411. The molecule has 0 aliphatic carbocycles. The lowest BCUT2D eigenvalue weighted by Crippen LogP contribution is -2.43. The highest BCUT2D eigenvalue weighted by atomic mass is 16.6. The largest absolute Gasteiger partial charge is 0.447 e. The molecule has 0 aromatic rings. The molecule has 0 aromatic carbocycles. The molecule has 0 bridgehead atoms. The summed E-state index contributed by atoms with van der Waals surface area (Å²) in [4.78, 5) is 40.0. The Morgan fingerprint density at radius 2 is 0.857 bits per heavy atom. The van der Waals surface area contributed by atoms with E-state index >= 15 is 0 Å². The molecule has 0 spiro atoms. The first-order valence-electron chi connectivity index (χ1n) is 26.1. The number of nitrogens with one attached hydrogen (secondary N) is 3. The highest BCUT2D eigenvalue weighted by Gasteiger charge is 2.24. The Balaban J connectivity index is 4.48. The fourth-order valence-corrected chi connectivity index (χ4v) is 7.25. The van der Waals surface area contributed by atoms with Gasteiger partial charge in [0.1, 0.15) is 6.61 Å². The lowest BCUT2D eigenvalue weighted by atomic mass is 10.1. The molecule has 0 atom stereocenters. The maximum atomic E-state index is 12.6. The lowest BCUT2D eigenvalue weighted by Gasteiger charge is -2.28. The first kappa shape index (κ1) is 60.6. The topological polar surface area (TPSA) is 118 Å². The van der Waals surface area contributed by atoms with Gasteiger partial charge in [-0.25, -0.2) is 4.79 Å². The van der Waals surface area contributed by atoms with E-state index in [1.165, 1.54) is 128 Å². The molecule has 370 valence electrons. The Morgan fingerprint density at radius 1 is 0.492 bits per heavy atom. The average molecular weight is 891 g/mol. The molecule has 0 saturated carbocycles. The molecular weight excluding hydrogens is 789 g/mol. The third-order valence-electron chi connectivity index (χ3n) is 11.8. The molecule has 0 rings (SSSR count). The van der Waals surface area contributed by atoms with E-state index in [1.54, 1.807) is 7.11 Å². The first-order chi connectivity index (χ1) is 30.4. The summed E-state index contributed by atoms with van der Waals surface area (Å²) in [5.41, 5.74) is -0.906. The maximum absolute atomic E-state index is 12.6. The first-order valence-corrected chi connectivity index (χ1v) is 26.1. The molecule has 3 amide bonds. The predicted molar refractivity (Wildman–Crippen MR) is 266 cm³/mol. The molecule has 10 heteroatoms. The van der Waals surface area contributed by atoms with Crippen LogP contribution in [0.15, 0.2) is 24.3 Å². The van der Waals surface area contributed by atoms with Crippen molar-refractivity contribution in [2.24, 2.45) is 0 Å². The van der Waals surface area contributed by atoms with Crippen LogP contribution in [0.5, 0.6) is 0 Å². The molecule has 0 heterocycles. The number of carbonyl (C=O) groups is 3. The highest BCUT2D eigenvalue weighted by molar-refractivity contribution is 5.76. The van der Waals surface area contributed by atoms with E-state index in [0.717, 1.165) is 44.9 Å². The number of rotatable bonds is 46. The van der Waals surface area contributed by atoms with Crippen molar-refractivity contribution in [3.63, 3.8) is 0 Å². The van der Waals surface area contributed by atoms with Crippen molar-refractivity contribution in [3.05, 3.63) is 24.3 Å². The molecular formula is C53H102N4O6. The zero-order chi connectivity index (χ0) is 46.5. The van der Waals surface area contributed by atoms with Crippen molar-refractivity contribution in [1.29, 1.82) is 0 Å². The lowest BCUT2D eigenvalue weighted by molar-refractivity contribution is -0.121. The van der Waals surface area contributed by atoms with E-state index in [9.17, 15) is 14.4 Å². The molecule has 3 N–H and O–H groups in total. The number of amides is 3. The van der Waals surface area contributed by atoms with Gasteiger partial charge in [-0.1, -0.05) is 141 Å². The summed E-state index contributed by atoms with van der Waals surface area (Å²) in [5, 5.41) is 9.02. The van der Waals surface area contributed by atoms with Crippen molar-refractivity contribution in [2.45, 2.75) is 239 Å². The van der Waals surface area contributed by atoms with Crippen molar-refractivity contribution in [2.75, 3.05) is 59.6 Å². The van der Waals surface area contributed by atoms with Gasteiger partial charge >= 0.3 is 6.09 Å². The third kappa shape index (κ3) is 44.6. The monoisotopic (exact) mass is 891 g/mol. The summed E-state index contributed by atoms with van der Waals surface area (Å²) in [6, 6.07) is 0. The van der Waals surface area contributed by atoms with Gasteiger partial charge in [0.2, 0.25) is 11.8 Å². The molecule has 63 heavy (non-hydrogen) atoms. The summed E-state index contributed by atoms with van der Waals surface area (Å²) in [5.74, 6) is 0.163. The number of allylic oxidation sites excluding steroid dienone is 4. The van der Waals surface area contributed by atoms with Gasteiger partial charge in [0.25, 0.3) is 0 Å². The highest BCUT2D eigenvalue weighted by Crippen LogP contribution is 2.17. The summed E-state index contributed by atoms with van der Waals surface area (Å²) in [7, 11) is 1.69. The van der Waals surface area contributed by atoms with Crippen LogP contribution in [-0.2, 0) is 23.8 Å². The van der Waals surface area contributed by atoms with Crippen LogP contribution >= 0.6 is 0 Å². The molecule has 0 aromatic heterocycles. The summed E-state index contributed by atoms with van der Waals surface area (Å²) < 4.78 is 16.9. The summed E-state index contributed by atoms with van der Waals surface area (Å²) in [6.45, 7) is 16.2. The second-order valence-electron chi connectivity index (χ2n) is 19.0. The van der Waals surface area contributed by atoms with Crippen molar-refractivity contribution in [1.82, 2.24) is 20.9 Å². The van der Waals surface area contributed by atoms with Crippen LogP contribution in [0, 0.1) is 0 Å². The standard InChI is InChI=1S/C53H102N4O6/c1-8-10-12-14-16-18-20-22-24-26-28-30-32-34-36-38-49(58)54-41-44-57(46-43-56-51(60)62-48-53(5,6)63-47-40-52(3,4)61-7)45-42-55-50(59)39-37-35-33-31-29-27-25-23-21-19-17-15-13-11-9-2/h22-25H,8-21,26-48H2,1-7H3,(H,54,58)(H,55,59)(H,56,60)/b24-22-,25-23-. The van der Waals surface area contributed by atoms with Crippen molar-refractivity contribution < 1.29 is 28.6 Å². The van der Waals surface area contributed by atoms with Gasteiger partial charge in [0, 0.05) is 59.2 Å². The molecule has 0 radical (unpaired) electrons. The average Bonchev–Trinajstić information content (AvgIpc) is 3.25. The van der Waals surface area contributed by atoms with Gasteiger partial charge in [0.15, 0.2) is 0 Å². The van der Waals surface area contributed by atoms with Gasteiger partial charge in [0.05, 0.1) is 17.8 Å². The van der Waals surface area contributed by atoms with Crippen LogP contribution in [0.1, 0.15) is 228 Å². The minimum Gasteiger partial charge on any atom is -0.447 e. The predicted octanol–water partition coefficient (Wildman–Crippen LogP) is 12.9. The van der Waals surface area contributed by atoms with Crippen LogP contribution in [-0.4, -0.2) is 93.6 Å². The Labute approximate surface area is 389 Å². The Kier molecular flexibility index (Phi) is 41.8. The van der Waals surface area contributed by atoms with Crippen LogP contribution in [0.25, 0.3) is 0 Å². The van der Waals surface area contributed by atoms with Crippen molar-refractivity contribution in [3.8, 4) is 0 Å². The molecule has 0 aliphatic heterocycles. The fourth-order valence-electron chi connectivity index (χ4n) is 7.25. The number of methoxy groups -OCH3 is 1. The van der Waals surface area contributed by atoms with E-state index < -0.39 is 11.7 Å². The second-order valence-corrected chi connectivity index (χ2v) is 19.0. The third-order valence-corrected chi connectivity index (χ3v) is 11.8. The van der Waals surface area contributed by atoms with Crippen LogP contribution < -0.4 is 16.0 Å². The van der Waals surface area contributed by atoms with Gasteiger partial charge < -0.3 is 30.2 Å². The molecule has 0 saturated heterocycles. The normalized spacial score (nSPS) is 12.2. The van der Waals surface area contributed by atoms with E-state index in [1.807, 2.05) is 27.7 Å². The number of carbonyl (C=O) groups excluding carboxylic acids is 3. The van der Waals surface area contributed by atoms with Gasteiger partial charge in [-0.05, 0) is 98.3 Å². The smallest absolute Gasteiger partial charge is 0.407 e. The number of unbranched alkanes of at least 4 members (excludes halogenated alkanes) is 22. The van der Waals surface area contributed by atoms with Gasteiger partial charge in [-0.15, -0.1) is 0 Å². The molecule has 0 fully saturated rings. The minimum atomic E-state index is -0.627. The van der Waals surface area contributed by atoms with E-state index in [-0.39, 0.29) is 24.0 Å². The second kappa shape index (κ2) is 43.5. The fraction of sp³-hybridized carbons (Fsp3) is 0.868. The molecule has 0 unspecified atom stereocenters. The SMILES string of the molecule is CCCCCCCC/C=C\CCCCCCCC(=O)NCCN(CCNC(=O)CCCCCCC/C=C\CCCCCCCC)CCNC(=O)OCC(C)(C)OCCC(C)(C)OC. The van der Waals surface area contributed by atoms with Crippen LogP contribution in [0.2, 0.25) is 0 Å². The van der Waals surface area contributed by atoms with Gasteiger partial charge in [-0.3, -0.25) is 14.5 Å². The Morgan fingerprint density at radius 3 is 1.25 bits per heavy atom. The molecule has 0 aliphatic rings. The number of hydrogen-bond acceptors (Lipinski definition) is 7. The zero-order valence-electron chi connectivity index (χ0n) is 42.4. The van der Waals surface area contributed by atoms with E-state index in [4.69, 9.17) is 14.2 Å². The summed E-state index contributed by atoms with van der Waals surface area (Å²) >= 11 is 0. The Hall–Kier alpha value is -2.43. The zero-order valence-corrected chi connectivity index (χ0v) is 42.4. The van der Waals surface area contributed by atoms with E-state index in [0.29, 0.717) is 58.7 Å². The van der Waals surface area contributed by atoms with Crippen LogP contribution in [0.4, 0.5) is 4.79 Å². The summed E-state index contributed by atoms with van der Waals surface area (Å²) in [6.07, 6.45) is 42.9. The number of nitrogens with zero attached hydrogens (tertiary/aromatic N) is 1. The van der Waals surface area contributed by atoms with Crippen LogP contribution in [0.3, 0.4) is 0 Å². The number of ether oxygens (including phenoxy) is 3.